The normalized spacial score (nSPS) is 12.8. The van der Waals surface area contributed by atoms with E-state index in [1.54, 1.807) is 46.8 Å². The van der Waals surface area contributed by atoms with Crippen molar-refractivity contribution in [2.75, 3.05) is 5.75 Å². The van der Waals surface area contributed by atoms with Gasteiger partial charge in [0.2, 0.25) is 0 Å². The number of thioether (sulfide) groups is 1. The van der Waals surface area contributed by atoms with Crippen molar-refractivity contribution < 1.29 is 54.1 Å². The highest BCUT2D eigenvalue weighted by Gasteiger charge is 2.32. The molecule has 3 rings (SSSR count). The molecule has 1 atom stereocenters. The van der Waals surface area contributed by atoms with E-state index in [9.17, 15) is 35.1 Å². The van der Waals surface area contributed by atoms with Gasteiger partial charge in [0.15, 0.2) is 0 Å². The number of hydrogen-bond acceptors (Lipinski definition) is 5. The number of rotatable bonds is 16. The summed E-state index contributed by atoms with van der Waals surface area (Å²) in [6.45, 7) is -3.87. The first kappa shape index (κ1) is 37.4. The Kier molecular flexibility index (Phi) is 13.1. The van der Waals surface area contributed by atoms with Crippen molar-refractivity contribution in [2.24, 2.45) is 0 Å². The maximum atomic E-state index is 13.4. The molecule has 46 heavy (non-hydrogen) atoms. The van der Waals surface area contributed by atoms with Crippen LogP contribution in [0.1, 0.15) is 75.1 Å². The molecule has 4 nitrogen and oxygen atoms in total. The highest BCUT2D eigenvalue weighted by Crippen LogP contribution is 2.46. The third-order valence-corrected chi connectivity index (χ3v) is 8.56. The van der Waals surface area contributed by atoms with Crippen LogP contribution < -0.4 is 18.9 Å². The van der Waals surface area contributed by atoms with Crippen LogP contribution in [0.25, 0.3) is 0 Å². The van der Waals surface area contributed by atoms with Crippen LogP contribution in [0, 0.1) is 0 Å². The van der Waals surface area contributed by atoms with E-state index in [1.807, 2.05) is 0 Å². The van der Waals surface area contributed by atoms with Crippen LogP contribution in [-0.2, 0) is 5.41 Å². The molecule has 0 spiro atoms. The molecule has 0 aromatic heterocycles. The lowest BCUT2D eigenvalue weighted by molar-refractivity contribution is -0.0536. The SMILES string of the molecule is CC(C)c1cc(Cl)c(C(C)(C)c2cc(SCCC(C)c3cc(OC(F)F)ccc3OC(F)F)ccc2OC(F)F)cc1OC(F)F. The van der Waals surface area contributed by atoms with Crippen molar-refractivity contribution in [3.05, 3.63) is 75.8 Å². The standard InChI is InChI=1S/C32H33ClF8O4S/c1-16(2)20-14-24(33)22(15-27(20)45-31(40)41)32(4,5)23-13-19(7-9-26(23)44-30(38)39)46-11-10-17(3)21-12-18(42-28(34)35)6-8-25(21)43-29(36)37/h6-9,12-17,28-31H,10-11H2,1-5H3. The molecule has 0 saturated heterocycles. The molecule has 0 aliphatic carbocycles. The molecule has 0 bridgehead atoms. The lowest BCUT2D eigenvalue weighted by Crippen LogP contribution is -2.22. The molecule has 0 N–H and O–H groups in total. The summed E-state index contributed by atoms with van der Waals surface area (Å²) in [7, 11) is 0. The molecular formula is C32H33ClF8O4S. The third-order valence-electron chi connectivity index (χ3n) is 7.22. The Morgan fingerprint density at radius 3 is 1.80 bits per heavy atom. The fourth-order valence-electron chi connectivity index (χ4n) is 4.93. The van der Waals surface area contributed by atoms with Gasteiger partial charge in [0.05, 0.1) is 0 Å². The van der Waals surface area contributed by atoms with Crippen molar-refractivity contribution in [1.29, 1.82) is 0 Å². The van der Waals surface area contributed by atoms with E-state index in [1.165, 1.54) is 36.0 Å². The van der Waals surface area contributed by atoms with E-state index >= 15 is 0 Å². The van der Waals surface area contributed by atoms with E-state index in [0.29, 0.717) is 28.2 Å². The van der Waals surface area contributed by atoms with Crippen LogP contribution in [-0.4, -0.2) is 32.2 Å². The third kappa shape index (κ3) is 9.97. The van der Waals surface area contributed by atoms with Gasteiger partial charge in [-0.3, -0.25) is 0 Å². The minimum atomic E-state index is -3.15. The van der Waals surface area contributed by atoms with Crippen LogP contribution in [0.5, 0.6) is 23.0 Å². The lowest BCUT2D eigenvalue weighted by Gasteiger charge is -2.31. The van der Waals surface area contributed by atoms with E-state index in [2.05, 4.69) is 9.47 Å². The first-order valence-electron chi connectivity index (χ1n) is 14.0. The molecule has 0 radical (unpaired) electrons. The maximum Gasteiger partial charge on any atom is 0.387 e. The predicted octanol–water partition coefficient (Wildman–Crippen LogP) is 11.5. The number of benzene rings is 3. The zero-order chi connectivity index (χ0) is 34.3. The Morgan fingerprint density at radius 1 is 0.652 bits per heavy atom. The first-order chi connectivity index (χ1) is 21.5. The van der Waals surface area contributed by atoms with Crippen LogP contribution in [0.4, 0.5) is 35.1 Å². The topological polar surface area (TPSA) is 36.9 Å². The summed E-state index contributed by atoms with van der Waals surface area (Å²) < 4.78 is 123. The summed E-state index contributed by atoms with van der Waals surface area (Å²) in [5, 5.41) is 0.213. The molecular weight excluding hydrogens is 668 g/mol. The van der Waals surface area contributed by atoms with E-state index in [-0.39, 0.29) is 45.1 Å². The van der Waals surface area contributed by atoms with Crippen molar-refractivity contribution in [3.63, 3.8) is 0 Å². The fraction of sp³-hybridized carbons (Fsp3) is 0.438. The van der Waals surface area contributed by atoms with E-state index in [0.717, 1.165) is 12.1 Å². The monoisotopic (exact) mass is 700 g/mol. The smallest absolute Gasteiger partial charge is 0.387 e. The van der Waals surface area contributed by atoms with Crippen molar-refractivity contribution >= 4 is 23.4 Å². The minimum Gasteiger partial charge on any atom is -0.435 e. The van der Waals surface area contributed by atoms with Crippen molar-refractivity contribution in [3.8, 4) is 23.0 Å². The summed E-state index contributed by atoms with van der Waals surface area (Å²) in [5.41, 5.74) is 0.163. The van der Waals surface area contributed by atoms with Crippen LogP contribution >= 0.6 is 23.4 Å². The van der Waals surface area contributed by atoms with Crippen LogP contribution in [0.3, 0.4) is 0 Å². The second-order valence-electron chi connectivity index (χ2n) is 11.1. The average molecular weight is 701 g/mol. The molecule has 0 fully saturated rings. The highest BCUT2D eigenvalue weighted by atomic mass is 35.5. The summed E-state index contributed by atoms with van der Waals surface area (Å²) in [5.74, 6) is -0.890. The molecule has 0 amide bonds. The second-order valence-corrected chi connectivity index (χ2v) is 12.6. The molecule has 0 heterocycles. The molecule has 1 unspecified atom stereocenters. The second kappa shape index (κ2) is 16.2. The summed E-state index contributed by atoms with van der Waals surface area (Å²) in [6, 6.07) is 10.9. The largest absolute Gasteiger partial charge is 0.435 e. The van der Waals surface area contributed by atoms with Crippen LogP contribution in [0.2, 0.25) is 5.02 Å². The van der Waals surface area contributed by atoms with E-state index < -0.39 is 37.8 Å². The quantitative estimate of drug-likeness (QED) is 0.110. The lowest BCUT2D eigenvalue weighted by atomic mass is 9.77. The van der Waals surface area contributed by atoms with Gasteiger partial charge in [-0.15, -0.1) is 11.8 Å². The summed E-state index contributed by atoms with van der Waals surface area (Å²) in [4.78, 5) is 0.620. The molecule has 3 aromatic carbocycles. The van der Waals surface area contributed by atoms with Crippen molar-refractivity contribution in [1.82, 2.24) is 0 Å². The Bertz CT molecular complexity index is 1460. The van der Waals surface area contributed by atoms with Gasteiger partial charge in [-0.1, -0.05) is 46.2 Å². The van der Waals surface area contributed by atoms with Gasteiger partial charge in [0.1, 0.15) is 23.0 Å². The molecule has 3 aromatic rings. The number of hydrogen-bond donors (Lipinski definition) is 0. The van der Waals surface area contributed by atoms with Crippen LogP contribution in [0.15, 0.2) is 53.4 Å². The molecule has 14 heteroatoms. The van der Waals surface area contributed by atoms with Gasteiger partial charge >= 0.3 is 26.4 Å². The summed E-state index contributed by atoms with van der Waals surface area (Å²) >= 11 is 7.94. The van der Waals surface area contributed by atoms with Gasteiger partial charge in [0, 0.05) is 26.5 Å². The number of halogens is 9. The number of alkyl halides is 8. The molecule has 0 aliphatic rings. The number of ether oxygens (including phenoxy) is 4. The van der Waals surface area contributed by atoms with Gasteiger partial charge in [-0.2, -0.15) is 35.1 Å². The first-order valence-corrected chi connectivity index (χ1v) is 15.4. The Hall–Kier alpha value is -3.06. The highest BCUT2D eigenvalue weighted by molar-refractivity contribution is 7.99. The van der Waals surface area contributed by atoms with Gasteiger partial charge in [-0.05, 0) is 83.7 Å². The van der Waals surface area contributed by atoms with Gasteiger partial charge < -0.3 is 18.9 Å². The Balaban J connectivity index is 1.93. The molecule has 0 saturated carbocycles. The summed E-state index contributed by atoms with van der Waals surface area (Å²) in [6.07, 6.45) is 0.368. The molecule has 0 aliphatic heterocycles. The fourth-order valence-corrected chi connectivity index (χ4v) is 6.41. The zero-order valence-corrected chi connectivity index (χ0v) is 27.0. The zero-order valence-electron chi connectivity index (χ0n) is 25.4. The van der Waals surface area contributed by atoms with Gasteiger partial charge in [-0.25, -0.2) is 0 Å². The minimum absolute atomic E-state index is 0.0912. The van der Waals surface area contributed by atoms with E-state index in [4.69, 9.17) is 21.1 Å². The van der Waals surface area contributed by atoms with Gasteiger partial charge in [0.25, 0.3) is 0 Å². The Morgan fingerprint density at radius 2 is 1.22 bits per heavy atom. The van der Waals surface area contributed by atoms with Crippen molar-refractivity contribution in [2.45, 2.75) is 89.6 Å². The molecule has 254 valence electrons. The average Bonchev–Trinajstić information content (AvgIpc) is 2.93. The maximum absolute atomic E-state index is 13.4. The Labute approximate surface area is 271 Å². The predicted molar refractivity (Wildman–Crippen MR) is 161 cm³/mol.